The zero-order valence-electron chi connectivity index (χ0n) is 7.52. The Hall–Kier alpha value is -1.42. The highest BCUT2D eigenvalue weighted by molar-refractivity contribution is 7.95. The summed E-state index contributed by atoms with van der Waals surface area (Å²) in [5.74, 6) is 0. The molecule has 0 fully saturated rings. The van der Waals surface area contributed by atoms with Crippen LogP contribution in [-0.4, -0.2) is 14.7 Å². The van der Waals surface area contributed by atoms with Gasteiger partial charge in [0.1, 0.15) is 0 Å². The number of fused-ring (bicyclic) bond motifs is 1. The first-order valence-electron chi connectivity index (χ1n) is 4.07. The first-order valence-corrected chi connectivity index (χ1v) is 5.62. The minimum Gasteiger partial charge on any atom is -0.298 e. The van der Waals surface area contributed by atoms with Crippen LogP contribution in [-0.2, 0) is 14.6 Å². The van der Waals surface area contributed by atoms with Crippen LogP contribution < -0.4 is 0 Å². The molecule has 0 aliphatic carbocycles. The first kappa shape index (κ1) is 9.15. The third-order valence-corrected chi connectivity index (χ3v) is 3.68. The summed E-state index contributed by atoms with van der Waals surface area (Å²) in [5.41, 5.74) is 1.61. The van der Waals surface area contributed by atoms with Crippen LogP contribution in [0.15, 0.2) is 28.5 Å². The minimum absolute atomic E-state index is 0.236. The highest BCUT2D eigenvalue weighted by atomic mass is 32.2. The van der Waals surface area contributed by atoms with Crippen LogP contribution in [0.2, 0.25) is 0 Å². The van der Waals surface area contributed by atoms with Gasteiger partial charge in [0.15, 0.2) is 6.29 Å². The summed E-state index contributed by atoms with van der Waals surface area (Å²) >= 11 is 0. The van der Waals surface area contributed by atoms with E-state index in [9.17, 15) is 13.2 Å². The maximum absolute atomic E-state index is 11.5. The van der Waals surface area contributed by atoms with Crippen molar-refractivity contribution in [3.63, 3.8) is 0 Å². The number of aldehydes is 1. The van der Waals surface area contributed by atoms with Crippen LogP contribution in [0.25, 0.3) is 5.57 Å². The van der Waals surface area contributed by atoms with E-state index >= 15 is 0 Å². The Balaban J connectivity index is 2.81. The van der Waals surface area contributed by atoms with Gasteiger partial charge in [0.2, 0.25) is 9.84 Å². The zero-order valence-corrected chi connectivity index (χ0v) is 8.34. The summed E-state index contributed by atoms with van der Waals surface area (Å²) in [6.07, 6.45) is 0.568. The monoisotopic (exact) mass is 208 g/mol. The molecule has 1 aromatic carbocycles. The van der Waals surface area contributed by atoms with Gasteiger partial charge in [-0.2, -0.15) is 0 Å². The predicted molar refractivity (Wildman–Crippen MR) is 52.4 cm³/mol. The van der Waals surface area contributed by atoms with Gasteiger partial charge in [-0.15, -0.1) is 0 Å². The van der Waals surface area contributed by atoms with Gasteiger partial charge in [-0.3, -0.25) is 4.79 Å². The average Bonchev–Trinajstić information content (AvgIpc) is 2.38. The molecule has 0 bridgehead atoms. The van der Waals surface area contributed by atoms with Gasteiger partial charge in [-0.1, -0.05) is 12.1 Å². The molecule has 0 saturated carbocycles. The van der Waals surface area contributed by atoms with Gasteiger partial charge in [0.25, 0.3) is 0 Å². The summed E-state index contributed by atoms with van der Waals surface area (Å²) in [6, 6.07) is 5.03. The maximum atomic E-state index is 11.5. The standard InChI is InChI=1S/C10H8O3S/c1-7-2-3-9-8(5-11)6-14(12,13)10(9)4-7/h2-6H,1H3. The number of carbonyl (C=O) groups excluding carboxylic acids is 1. The van der Waals surface area contributed by atoms with E-state index in [0.717, 1.165) is 11.0 Å². The summed E-state index contributed by atoms with van der Waals surface area (Å²) in [5, 5.41) is 1.02. The second-order valence-electron chi connectivity index (χ2n) is 3.24. The Morgan fingerprint density at radius 3 is 2.64 bits per heavy atom. The number of hydrogen-bond donors (Lipinski definition) is 0. The lowest BCUT2D eigenvalue weighted by molar-refractivity contribution is -0.103. The molecule has 0 saturated heterocycles. The van der Waals surface area contributed by atoms with E-state index in [4.69, 9.17) is 0 Å². The second kappa shape index (κ2) is 2.78. The van der Waals surface area contributed by atoms with Gasteiger partial charge in [-0.25, -0.2) is 8.42 Å². The molecule has 1 aromatic rings. The second-order valence-corrected chi connectivity index (χ2v) is 5.00. The van der Waals surface area contributed by atoms with Crippen LogP contribution in [0, 0.1) is 6.92 Å². The predicted octanol–water partition coefficient (Wildman–Crippen LogP) is 1.32. The highest BCUT2D eigenvalue weighted by Gasteiger charge is 2.26. The quantitative estimate of drug-likeness (QED) is 0.654. The molecule has 0 amide bonds. The van der Waals surface area contributed by atoms with Crippen molar-refractivity contribution in [3.8, 4) is 0 Å². The minimum atomic E-state index is -3.38. The van der Waals surface area contributed by atoms with Crippen LogP contribution in [0.1, 0.15) is 11.1 Å². The molecular formula is C10H8O3S. The smallest absolute Gasteiger partial charge is 0.201 e. The largest absolute Gasteiger partial charge is 0.298 e. The van der Waals surface area contributed by atoms with Gasteiger partial charge >= 0.3 is 0 Å². The lowest BCUT2D eigenvalue weighted by Crippen LogP contribution is -1.93. The van der Waals surface area contributed by atoms with Gasteiger partial charge in [-0.05, 0) is 18.6 Å². The lowest BCUT2D eigenvalue weighted by Gasteiger charge is -2.00. The number of allylic oxidation sites excluding steroid dienone is 1. The van der Waals surface area contributed by atoms with Crippen molar-refractivity contribution in [2.24, 2.45) is 0 Å². The lowest BCUT2D eigenvalue weighted by atomic mass is 10.1. The number of hydrogen-bond acceptors (Lipinski definition) is 3. The highest BCUT2D eigenvalue weighted by Crippen LogP contribution is 2.32. The van der Waals surface area contributed by atoms with Gasteiger partial charge in [0, 0.05) is 16.5 Å². The van der Waals surface area contributed by atoms with E-state index in [1.165, 1.54) is 0 Å². The van der Waals surface area contributed by atoms with E-state index in [0.29, 0.717) is 11.8 Å². The average molecular weight is 208 g/mol. The summed E-state index contributed by atoms with van der Waals surface area (Å²) < 4.78 is 23.1. The molecule has 0 radical (unpaired) electrons. The fraction of sp³-hybridized carbons (Fsp3) is 0.100. The third-order valence-electron chi connectivity index (χ3n) is 2.16. The number of carbonyl (C=O) groups is 1. The van der Waals surface area contributed by atoms with Crippen molar-refractivity contribution in [1.29, 1.82) is 0 Å². The SMILES string of the molecule is Cc1ccc2c(c1)S(=O)(=O)C=C2C=O. The van der Waals surface area contributed by atoms with Crippen molar-refractivity contribution >= 4 is 21.7 Å². The normalized spacial score (nSPS) is 17.4. The van der Waals surface area contributed by atoms with Crippen molar-refractivity contribution in [3.05, 3.63) is 34.7 Å². The zero-order chi connectivity index (χ0) is 10.3. The summed E-state index contributed by atoms with van der Waals surface area (Å²) in [4.78, 5) is 10.8. The number of rotatable bonds is 1. The molecule has 1 aliphatic rings. The first-order chi connectivity index (χ1) is 6.54. The number of aryl methyl sites for hydroxylation is 1. The van der Waals surface area contributed by atoms with E-state index < -0.39 is 9.84 Å². The fourth-order valence-electron chi connectivity index (χ4n) is 1.49. The molecular weight excluding hydrogens is 200 g/mol. The molecule has 0 unspecified atom stereocenters. The molecule has 72 valence electrons. The number of benzene rings is 1. The topological polar surface area (TPSA) is 51.2 Å². The van der Waals surface area contributed by atoms with Crippen LogP contribution >= 0.6 is 0 Å². The van der Waals surface area contributed by atoms with Crippen LogP contribution in [0.3, 0.4) is 0 Å². The molecule has 4 heteroatoms. The molecule has 3 nitrogen and oxygen atoms in total. The summed E-state index contributed by atoms with van der Waals surface area (Å²) in [7, 11) is -3.38. The maximum Gasteiger partial charge on any atom is 0.201 e. The van der Waals surface area contributed by atoms with Gasteiger partial charge < -0.3 is 0 Å². The molecule has 0 N–H and O–H groups in total. The molecule has 0 spiro atoms. The molecule has 0 atom stereocenters. The van der Waals surface area contributed by atoms with Crippen molar-refractivity contribution in [1.82, 2.24) is 0 Å². The molecule has 14 heavy (non-hydrogen) atoms. The van der Waals surface area contributed by atoms with Crippen molar-refractivity contribution in [2.45, 2.75) is 11.8 Å². The third kappa shape index (κ3) is 1.19. The van der Waals surface area contributed by atoms with E-state index in [2.05, 4.69) is 0 Å². The van der Waals surface area contributed by atoms with Crippen molar-refractivity contribution in [2.75, 3.05) is 0 Å². The Bertz CT molecular complexity index is 538. The van der Waals surface area contributed by atoms with E-state index in [1.54, 1.807) is 18.2 Å². The molecule has 1 heterocycles. The van der Waals surface area contributed by atoms with E-state index in [1.807, 2.05) is 6.92 Å². The fourth-order valence-corrected chi connectivity index (χ4v) is 2.98. The van der Waals surface area contributed by atoms with Crippen LogP contribution in [0.4, 0.5) is 0 Å². The van der Waals surface area contributed by atoms with Gasteiger partial charge in [0.05, 0.1) is 4.90 Å². The molecule has 0 aromatic heterocycles. The Morgan fingerprint density at radius 1 is 1.29 bits per heavy atom. The Morgan fingerprint density at radius 2 is 2.00 bits per heavy atom. The Kier molecular flexibility index (Phi) is 1.82. The van der Waals surface area contributed by atoms with Crippen LogP contribution in [0.5, 0.6) is 0 Å². The molecule has 1 aliphatic heterocycles. The number of sulfone groups is 1. The van der Waals surface area contributed by atoms with Crippen molar-refractivity contribution < 1.29 is 13.2 Å². The molecule has 2 rings (SSSR count). The summed E-state index contributed by atoms with van der Waals surface area (Å²) in [6.45, 7) is 1.81. The Labute approximate surface area is 82.0 Å². The van der Waals surface area contributed by atoms with E-state index in [-0.39, 0.29) is 10.5 Å².